The Hall–Kier alpha value is -1.59. The number of hydrogen-bond donors (Lipinski definition) is 2. The smallest absolute Gasteiger partial charge is 0.220 e. The van der Waals surface area contributed by atoms with E-state index in [1.807, 2.05) is 12.1 Å². The fourth-order valence-electron chi connectivity index (χ4n) is 4.32. The van der Waals surface area contributed by atoms with Crippen LogP contribution in [0.3, 0.4) is 0 Å². The molecule has 0 radical (unpaired) electrons. The molecule has 2 aliphatic heterocycles. The minimum absolute atomic E-state index is 0.198. The van der Waals surface area contributed by atoms with Gasteiger partial charge in [-0.1, -0.05) is 18.6 Å². The summed E-state index contributed by atoms with van der Waals surface area (Å²) in [5.41, 5.74) is 1.26. The second kappa shape index (κ2) is 10.7. The zero-order valence-corrected chi connectivity index (χ0v) is 16.7. The van der Waals surface area contributed by atoms with Gasteiger partial charge in [0.05, 0.1) is 13.2 Å². The van der Waals surface area contributed by atoms with Gasteiger partial charge in [-0.15, -0.1) is 0 Å². The molecular formula is C22H35N3O2. The number of piperidine rings is 2. The number of methoxy groups -OCH3 is 1. The van der Waals surface area contributed by atoms with Gasteiger partial charge in [0.2, 0.25) is 5.91 Å². The van der Waals surface area contributed by atoms with Crippen LogP contribution in [0.5, 0.6) is 5.75 Å². The highest BCUT2D eigenvalue weighted by molar-refractivity contribution is 5.75. The molecule has 1 amide bonds. The third kappa shape index (κ3) is 6.22. The minimum Gasteiger partial charge on any atom is -0.497 e. The first kappa shape index (κ1) is 20.2. The molecule has 150 valence electrons. The van der Waals surface area contributed by atoms with E-state index in [-0.39, 0.29) is 11.9 Å². The molecule has 0 aliphatic carbocycles. The lowest BCUT2D eigenvalue weighted by Crippen LogP contribution is -2.40. The predicted molar refractivity (Wildman–Crippen MR) is 109 cm³/mol. The summed E-state index contributed by atoms with van der Waals surface area (Å²) in [7, 11) is 1.69. The summed E-state index contributed by atoms with van der Waals surface area (Å²) < 4.78 is 5.29. The number of benzene rings is 1. The molecule has 2 N–H and O–H groups in total. The lowest BCUT2D eigenvalue weighted by Gasteiger charge is -2.35. The van der Waals surface area contributed by atoms with Crippen molar-refractivity contribution in [2.24, 2.45) is 5.92 Å². The van der Waals surface area contributed by atoms with Crippen LogP contribution in [0, 0.1) is 5.92 Å². The maximum atomic E-state index is 12.4. The van der Waals surface area contributed by atoms with Gasteiger partial charge in [0.1, 0.15) is 5.75 Å². The molecule has 0 spiro atoms. The van der Waals surface area contributed by atoms with Gasteiger partial charge in [-0.3, -0.25) is 9.69 Å². The fourth-order valence-corrected chi connectivity index (χ4v) is 4.32. The zero-order valence-electron chi connectivity index (χ0n) is 16.7. The van der Waals surface area contributed by atoms with Gasteiger partial charge in [0, 0.05) is 13.0 Å². The molecule has 1 atom stereocenters. The van der Waals surface area contributed by atoms with Crippen molar-refractivity contribution in [1.29, 1.82) is 0 Å². The Kier molecular flexibility index (Phi) is 7.96. The monoisotopic (exact) mass is 373 g/mol. The number of carbonyl (C=O) groups is 1. The van der Waals surface area contributed by atoms with E-state index in [9.17, 15) is 4.79 Å². The van der Waals surface area contributed by atoms with Crippen LogP contribution in [-0.4, -0.2) is 50.6 Å². The number of carbonyl (C=O) groups excluding carboxylic acids is 1. The number of hydrogen-bond acceptors (Lipinski definition) is 4. The summed E-state index contributed by atoms with van der Waals surface area (Å²) in [6.07, 6.45) is 7.89. The van der Waals surface area contributed by atoms with Crippen LogP contribution in [0.25, 0.3) is 0 Å². The van der Waals surface area contributed by atoms with E-state index < -0.39 is 0 Å². The van der Waals surface area contributed by atoms with E-state index >= 15 is 0 Å². The molecule has 0 saturated carbocycles. The van der Waals surface area contributed by atoms with Gasteiger partial charge in [0.15, 0.2) is 0 Å². The summed E-state index contributed by atoms with van der Waals surface area (Å²) in [5.74, 6) is 1.78. The quantitative estimate of drug-likeness (QED) is 0.735. The Morgan fingerprint density at radius 2 is 1.89 bits per heavy atom. The van der Waals surface area contributed by atoms with Gasteiger partial charge in [-0.25, -0.2) is 0 Å². The van der Waals surface area contributed by atoms with E-state index in [0.717, 1.165) is 38.3 Å². The summed E-state index contributed by atoms with van der Waals surface area (Å²) in [6.45, 7) is 5.11. The molecule has 27 heavy (non-hydrogen) atoms. The highest BCUT2D eigenvalue weighted by Crippen LogP contribution is 2.26. The van der Waals surface area contributed by atoms with E-state index in [4.69, 9.17) is 4.74 Å². The van der Waals surface area contributed by atoms with E-state index in [1.165, 1.54) is 37.7 Å². The number of amides is 1. The normalized spacial score (nSPS) is 20.2. The average Bonchev–Trinajstić information content (AvgIpc) is 2.74. The molecule has 2 fully saturated rings. The molecule has 2 saturated heterocycles. The van der Waals surface area contributed by atoms with Gasteiger partial charge in [0.25, 0.3) is 0 Å². The molecule has 1 aromatic rings. The van der Waals surface area contributed by atoms with Gasteiger partial charge >= 0.3 is 0 Å². The molecule has 2 aliphatic rings. The molecular weight excluding hydrogens is 338 g/mol. The summed E-state index contributed by atoms with van der Waals surface area (Å²) in [4.78, 5) is 15.0. The Morgan fingerprint density at radius 3 is 2.56 bits per heavy atom. The molecule has 0 aromatic heterocycles. The van der Waals surface area contributed by atoms with Crippen molar-refractivity contribution in [2.75, 3.05) is 39.8 Å². The first-order valence-electron chi connectivity index (χ1n) is 10.6. The van der Waals surface area contributed by atoms with Gasteiger partial charge in [-0.05, 0) is 81.9 Å². The van der Waals surface area contributed by atoms with Crippen molar-refractivity contribution in [1.82, 2.24) is 15.5 Å². The SMILES string of the molecule is COc1ccc(C(CNC(=O)CCC2CCNCC2)N2CCCCC2)cc1. The van der Waals surface area contributed by atoms with Crippen molar-refractivity contribution in [3.8, 4) is 5.75 Å². The number of likely N-dealkylation sites (tertiary alicyclic amines) is 1. The summed E-state index contributed by atoms with van der Waals surface area (Å²) >= 11 is 0. The van der Waals surface area contributed by atoms with Crippen LogP contribution in [-0.2, 0) is 4.79 Å². The molecule has 1 aromatic carbocycles. The van der Waals surface area contributed by atoms with Crippen LogP contribution in [0.1, 0.15) is 56.6 Å². The number of rotatable bonds is 8. The third-order valence-corrected chi connectivity index (χ3v) is 6.06. The number of ether oxygens (including phenoxy) is 1. The minimum atomic E-state index is 0.198. The van der Waals surface area contributed by atoms with Crippen LogP contribution < -0.4 is 15.4 Å². The van der Waals surface area contributed by atoms with E-state index in [2.05, 4.69) is 27.7 Å². The van der Waals surface area contributed by atoms with E-state index in [0.29, 0.717) is 18.9 Å². The molecule has 5 heteroatoms. The maximum Gasteiger partial charge on any atom is 0.220 e. The zero-order chi connectivity index (χ0) is 18.9. The Bertz CT molecular complexity index is 563. The lowest BCUT2D eigenvalue weighted by molar-refractivity contribution is -0.121. The molecule has 2 heterocycles. The van der Waals surface area contributed by atoms with Crippen molar-refractivity contribution < 1.29 is 9.53 Å². The molecule has 0 bridgehead atoms. The van der Waals surface area contributed by atoms with Crippen molar-refractivity contribution in [3.63, 3.8) is 0 Å². The van der Waals surface area contributed by atoms with Crippen LogP contribution >= 0.6 is 0 Å². The van der Waals surface area contributed by atoms with Crippen LogP contribution in [0.2, 0.25) is 0 Å². The largest absolute Gasteiger partial charge is 0.497 e. The average molecular weight is 374 g/mol. The number of nitrogens with one attached hydrogen (secondary N) is 2. The highest BCUT2D eigenvalue weighted by atomic mass is 16.5. The fraction of sp³-hybridized carbons (Fsp3) is 0.682. The second-order valence-corrected chi connectivity index (χ2v) is 7.92. The topological polar surface area (TPSA) is 53.6 Å². The number of nitrogens with zero attached hydrogens (tertiary/aromatic N) is 1. The maximum absolute atomic E-state index is 12.4. The molecule has 5 nitrogen and oxygen atoms in total. The van der Waals surface area contributed by atoms with Crippen molar-refractivity contribution in [2.45, 2.75) is 51.0 Å². The highest BCUT2D eigenvalue weighted by Gasteiger charge is 2.23. The first-order chi connectivity index (χ1) is 13.3. The van der Waals surface area contributed by atoms with Gasteiger partial charge < -0.3 is 15.4 Å². The van der Waals surface area contributed by atoms with Crippen molar-refractivity contribution >= 4 is 5.91 Å². The first-order valence-corrected chi connectivity index (χ1v) is 10.6. The second-order valence-electron chi connectivity index (χ2n) is 7.92. The van der Waals surface area contributed by atoms with Crippen LogP contribution in [0.15, 0.2) is 24.3 Å². The Labute approximate surface area is 163 Å². The van der Waals surface area contributed by atoms with Crippen molar-refractivity contribution in [3.05, 3.63) is 29.8 Å². The standard InChI is InChI=1S/C22H35N3O2/c1-27-20-8-6-19(7-9-20)21(25-15-3-2-4-16-25)17-24-22(26)10-5-18-11-13-23-14-12-18/h6-9,18,21,23H,2-5,10-17H2,1H3,(H,24,26). The lowest BCUT2D eigenvalue weighted by atomic mass is 9.93. The molecule has 1 unspecified atom stereocenters. The third-order valence-electron chi connectivity index (χ3n) is 6.06. The summed E-state index contributed by atoms with van der Waals surface area (Å²) in [6, 6.07) is 8.56. The van der Waals surface area contributed by atoms with E-state index in [1.54, 1.807) is 7.11 Å². The molecule has 3 rings (SSSR count). The van der Waals surface area contributed by atoms with Gasteiger partial charge in [-0.2, -0.15) is 0 Å². The Balaban J connectivity index is 1.54. The Morgan fingerprint density at radius 1 is 1.19 bits per heavy atom. The van der Waals surface area contributed by atoms with Crippen LogP contribution in [0.4, 0.5) is 0 Å². The predicted octanol–water partition coefficient (Wildman–Crippen LogP) is 3.12. The summed E-state index contributed by atoms with van der Waals surface area (Å²) in [5, 5.41) is 6.61.